The summed E-state index contributed by atoms with van der Waals surface area (Å²) in [4.78, 5) is 18.8. The zero-order valence-electron chi connectivity index (χ0n) is 19.5. The monoisotopic (exact) mass is 441 g/mol. The van der Waals surface area contributed by atoms with Crippen LogP contribution in [0.5, 0.6) is 0 Å². The molecule has 0 spiro atoms. The number of carbonyl (C=O) groups excluding carboxylic acids is 1. The zero-order valence-corrected chi connectivity index (χ0v) is 19.5. The van der Waals surface area contributed by atoms with Crippen LogP contribution in [0.4, 0.5) is 10.5 Å². The molecule has 8 heteroatoms. The Morgan fingerprint density at radius 2 is 1.97 bits per heavy atom. The molecule has 2 aromatic rings. The number of urea groups is 1. The molecule has 1 saturated heterocycles. The Kier molecular flexibility index (Phi) is 7.80. The minimum Gasteiger partial charge on any atom is -0.466 e. The van der Waals surface area contributed by atoms with E-state index in [9.17, 15) is 9.90 Å². The van der Waals surface area contributed by atoms with Gasteiger partial charge in [-0.2, -0.15) is 0 Å². The van der Waals surface area contributed by atoms with Gasteiger partial charge in [-0.05, 0) is 64.3 Å². The van der Waals surface area contributed by atoms with Crippen LogP contribution in [0.3, 0.4) is 0 Å². The van der Waals surface area contributed by atoms with E-state index in [0.29, 0.717) is 24.8 Å². The topological polar surface area (TPSA) is 102 Å². The second-order valence-electron chi connectivity index (χ2n) is 8.47. The summed E-state index contributed by atoms with van der Waals surface area (Å²) in [5.41, 5.74) is 1.41. The highest BCUT2D eigenvalue weighted by molar-refractivity contribution is 5.89. The lowest BCUT2D eigenvalue weighted by Gasteiger charge is -2.24. The third-order valence-corrected chi connectivity index (χ3v) is 5.56. The van der Waals surface area contributed by atoms with Gasteiger partial charge in [-0.15, -0.1) is 0 Å². The van der Waals surface area contributed by atoms with Crippen molar-refractivity contribution in [2.75, 3.05) is 31.5 Å². The highest BCUT2D eigenvalue weighted by atomic mass is 16.3. The van der Waals surface area contributed by atoms with E-state index in [1.807, 2.05) is 56.0 Å². The summed E-state index contributed by atoms with van der Waals surface area (Å²) in [6.07, 6.45) is 2.13. The molecule has 1 aromatic carbocycles. The van der Waals surface area contributed by atoms with E-state index < -0.39 is 5.60 Å². The predicted octanol–water partition coefficient (Wildman–Crippen LogP) is 3.49. The number of nitrogens with zero attached hydrogens (tertiary/aromatic N) is 2. The Labute approximate surface area is 190 Å². The van der Waals surface area contributed by atoms with Crippen LogP contribution in [0, 0.1) is 13.8 Å². The number of aliphatic hydroxyl groups is 1. The van der Waals surface area contributed by atoms with Crippen LogP contribution in [0.2, 0.25) is 0 Å². The molecule has 3 rings (SSSR count). The Morgan fingerprint density at radius 3 is 2.62 bits per heavy atom. The van der Waals surface area contributed by atoms with Crippen LogP contribution in [-0.4, -0.2) is 48.2 Å². The summed E-state index contributed by atoms with van der Waals surface area (Å²) in [6, 6.07) is 9.53. The maximum Gasteiger partial charge on any atom is 0.321 e. The number of aliphatic imine (C=N–C) groups is 1. The number of nitrogens with one attached hydrogen (secondary N) is 3. The maximum atomic E-state index is 12.3. The Bertz CT molecular complexity index is 945. The van der Waals surface area contributed by atoms with Gasteiger partial charge in [0, 0.05) is 30.9 Å². The van der Waals surface area contributed by atoms with Crippen molar-refractivity contribution in [1.82, 2.24) is 15.5 Å². The first-order chi connectivity index (χ1) is 15.3. The second-order valence-corrected chi connectivity index (χ2v) is 8.47. The maximum absolute atomic E-state index is 12.3. The van der Waals surface area contributed by atoms with Gasteiger partial charge in [-0.1, -0.05) is 12.1 Å². The number of hydrogen-bond acceptors (Lipinski definition) is 4. The molecule has 8 nitrogen and oxygen atoms in total. The van der Waals surface area contributed by atoms with Gasteiger partial charge < -0.3 is 30.4 Å². The molecular weight excluding hydrogens is 406 g/mol. The highest BCUT2D eigenvalue weighted by Gasteiger charge is 2.28. The SMILES string of the molecule is CCNC(=NCc1cccc(NC(=O)N2CCCC2)c1)NCC(C)(O)c1cc(C)oc1C. The molecule has 0 bridgehead atoms. The molecule has 1 fully saturated rings. The number of benzene rings is 1. The molecule has 4 N–H and O–H groups in total. The molecule has 1 aliphatic heterocycles. The first-order valence-corrected chi connectivity index (χ1v) is 11.3. The molecule has 0 aliphatic carbocycles. The predicted molar refractivity (Wildman–Crippen MR) is 127 cm³/mol. The standard InChI is InChI=1S/C24H35N5O3/c1-5-25-22(27-16-24(4,31)21-13-17(2)32-18(21)3)26-15-19-9-8-10-20(14-19)28-23(30)29-11-6-7-12-29/h8-10,13-14,31H,5-7,11-12,15-16H2,1-4H3,(H,28,30)(H2,25,26,27). The van der Waals surface area contributed by atoms with Gasteiger partial charge in [0.2, 0.25) is 0 Å². The van der Waals surface area contributed by atoms with Gasteiger partial charge >= 0.3 is 6.03 Å². The summed E-state index contributed by atoms with van der Waals surface area (Å²) in [5.74, 6) is 2.09. The molecular formula is C24H35N5O3. The van der Waals surface area contributed by atoms with Gasteiger partial charge in [-0.25, -0.2) is 9.79 Å². The van der Waals surface area contributed by atoms with Crippen molar-refractivity contribution in [3.8, 4) is 0 Å². The Hall–Kier alpha value is -3.00. The fraction of sp³-hybridized carbons (Fsp3) is 0.500. The van der Waals surface area contributed by atoms with Crippen molar-refractivity contribution in [2.24, 2.45) is 4.99 Å². The number of guanidine groups is 1. The number of carbonyl (C=O) groups is 1. The van der Waals surface area contributed by atoms with Gasteiger partial charge in [0.25, 0.3) is 0 Å². The van der Waals surface area contributed by atoms with Crippen molar-refractivity contribution in [1.29, 1.82) is 0 Å². The number of hydrogen-bond donors (Lipinski definition) is 4. The molecule has 2 amide bonds. The van der Waals surface area contributed by atoms with Crippen molar-refractivity contribution < 1.29 is 14.3 Å². The number of aryl methyl sites for hydroxylation is 2. The summed E-state index contributed by atoms with van der Waals surface area (Å²) in [6.45, 7) is 10.5. The number of rotatable bonds is 7. The van der Waals surface area contributed by atoms with Crippen molar-refractivity contribution in [3.63, 3.8) is 0 Å². The fourth-order valence-electron chi connectivity index (χ4n) is 3.90. The Morgan fingerprint density at radius 1 is 1.22 bits per heavy atom. The number of likely N-dealkylation sites (tertiary alicyclic amines) is 1. The third-order valence-electron chi connectivity index (χ3n) is 5.56. The van der Waals surface area contributed by atoms with E-state index in [-0.39, 0.29) is 12.6 Å². The molecule has 1 aromatic heterocycles. The zero-order chi connectivity index (χ0) is 23.1. The summed E-state index contributed by atoms with van der Waals surface area (Å²) >= 11 is 0. The smallest absolute Gasteiger partial charge is 0.321 e. The van der Waals surface area contributed by atoms with Crippen LogP contribution in [-0.2, 0) is 12.1 Å². The minimum atomic E-state index is -1.10. The number of amides is 2. The lowest BCUT2D eigenvalue weighted by molar-refractivity contribution is 0.0601. The summed E-state index contributed by atoms with van der Waals surface area (Å²) in [7, 11) is 0. The summed E-state index contributed by atoms with van der Waals surface area (Å²) < 4.78 is 5.57. The molecule has 2 heterocycles. The minimum absolute atomic E-state index is 0.0508. The molecule has 174 valence electrons. The van der Waals surface area contributed by atoms with E-state index in [1.165, 1.54) is 0 Å². The first kappa shape index (κ1) is 23.7. The van der Waals surface area contributed by atoms with E-state index in [1.54, 1.807) is 6.92 Å². The third kappa shape index (κ3) is 6.26. The van der Waals surface area contributed by atoms with E-state index >= 15 is 0 Å². The van der Waals surface area contributed by atoms with E-state index in [4.69, 9.17) is 4.42 Å². The van der Waals surface area contributed by atoms with E-state index in [2.05, 4.69) is 20.9 Å². The van der Waals surface area contributed by atoms with Gasteiger partial charge in [0.1, 0.15) is 17.1 Å². The highest BCUT2D eigenvalue weighted by Crippen LogP contribution is 2.26. The van der Waals surface area contributed by atoms with Crippen molar-refractivity contribution in [3.05, 3.63) is 53.0 Å². The van der Waals surface area contributed by atoms with Crippen LogP contribution < -0.4 is 16.0 Å². The Balaban J connectivity index is 1.62. The molecule has 0 saturated carbocycles. The van der Waals surface area contributed by atoms with E-state index in [0.717, 1.165) is 48.5 Å². The second kappa shape index (κ2) is 10.5. The molecule has 32 heavy (non-hydrogen) atoms. The molecule has 1 aliphatic rings. The number of furan rings is 1. The van der Waals surface area contributed by atoms with Crippen molar-refractivity contribution in [2.45, 2.75) is 52.7 Å². The average Bonchev–Trinajstić information content (AvgIpc) is 3.40. The molecule has 1 unspecified atom stereocenters. The molecule has 1 atom stereocenters. The van der Waals surface area contributed by atoms with Crippen LogP contribution in [0.15, 0.2) is 39.7 Å². The van der Waals surface area contributed by atoms with Gasteiger partial charge in [-0.3, -0.25) is 0 Å². The average molecular weight is 442 g/mol. The normalized spacial score (nSPS) is 16.0. The van der Waals surface area contributed by atoms with Crippen LogP contribution >= 0.6 is 0 Å². The lowest BCUT2D eigenvalue weighted by atomic mass is 9.96. The first-order valence-electron chi connectivity index (χ1n) is 11.3. The lowest BCUT2D eigenvalue weighted by Crippen LogP contribution is -2.44. The van der Waals surface area contributed by atoms with Gasteiger partial charge in [0.05, 0.1) is 13.1 Å². The quantitative estimate of drug-likeness (QED) is 0.389. The van der Waals surface area contributed by atoms with Crippen LogP contribution in [0.25, 0.3) is 0 Å². The van der Waals surface area contributed by atoms with Crippen molar-refractivity contribution >= 4 is 17.7 Å². The van der Waals surface area contributed by atoms with Gasteiger partial charge in [0.15, 0.2) is 5.96 Å². The summed E-state index contributed by atoms with van der Waals surface area (Å²) in [5, 5.41) is 20.3. The fourth-order valence-corrected chi connectivity index (χ4v) is 3.90. The largest absolute Gasteiger partial charge is 0.466 e. The number of anilines is 1. The van der Waals surface area contributed by atoms with Crippen LogP contribution in [0.1, 0.15) is 49.3 Å². The molecule has 0 radical (unpaired) electrons.